The molecule has 3 aliphatic carbocycles. The minimum absolute atomic E-state index is 0.273. The van der Waals surface area contributed by atoms with Crippen LogP contribution in [0.15, 0.2) is 114 Å². The number of hydrogen-bond donors (Lipinski definition) is 1. The maximum Gasteiger partial charge on any atom is 0.0743 e. The highest BCUT2D eigenvalue weighted by atomic mass is 79.9. The molecule has 1 N–H and O–H groups in total. The van der Waals surface area contributed by atoms with E-state index >= 15 is 0 Å². The summed E-state index contributed by atoms with van der Waals surface area (Å²) in [4.78, 5) is 8.75. The molecule has 0 bridgehead atoms. The van der Waals surface area contributed by atoms with Gasteiger partial charge in [-0.3, -0.25) is 4.98 Å². The van der Waals surface area contributed by atoms with Gasteiger partial charge in [0.05, 0.1) is 16.4 Å². The minimum Gasteiger partial charge on any atom is -0.354 e. The predicted octanol–water partition coefficient (Wildman–Crippen LogP) is 8.79. The number of benzene rings is 4. The number of allylic oxidation sites excluding steroid dienone is 4. The zero-order valence-corrected chi connectivity index (χ0v) is 21.5. The normalized spacial score (nSPS) is 22.6. The molecule has 3 aliphatic rings. The van der Waals surface area contributed by atoms with Crippen molar-refractivity contribution in [3.05, 3.63) is 136 Å². The minimum atomic E-state index is -0.285. The Balaban J connectivity index is 1.51. The summed E-state index contributed by atoms with van der Waals surface area (Å²) in [5.41, 5.74) is 11.4. The zero-order valence-electron chi connectivity index (χ0n) is 19.9. The van der Waals surface area contributed by atoms with Crippen molar-refractivity contribution in [1.29, 1.82) is 0 Å². The number of halogens is 1. The Morgan fingerprint density at radius 2 is 1.68 bits per heavy atom. The summed E-state index contributed by atoms with van der Waals surface area (Å²) in [5.74, 6) is 0.547. The molecule has 3 atom stereocenters. The molecule has 0 fully saturated rings. The van der Waals surface area contributed by atoms with Crippen molar-refractivity contribution in [2.45, 2.75) is 11.3 Å². The van der Waals surface area contributed by atoms with Crippen LogP contribution in [0.5, 0.6) is 0 Å². The van der Waals surface area contributed by atoms with Crippen LogP contribution in [-0.2, 0) is 5.41 Å². The Hall–Kier alpha value is -3.95. The highest BCUT2D eigenvalue weighted by molar-refractivity contribution is 9.10. The van der Waals surface area contributed by atoms with Crippen molar-refractivity contribution < 1.29 is 0 Å². The number of nitrogens with one attached hydrogen (secondary N) is 1. The molecule has 37 heavy (non-hydrogen) atoms. The molecule has 2 nitrogen and oxygen atoms in total. The van der Waals surface area contributed by atoms with Crippen LogP contribution in [0, 0.1) is 5.92 Å². The molecule has 1 spiro atoms. The first-order chi connectivity index (χ1) is 18.3. The van der Waals surface area contributed by atoms with Gasteiger partial charge in [-0.1, -0.05) is 101 Å². The van der Waals surface area contributed by atoms with Gasteiger partial charge >= 0.3 is 0 Å². The molecule has 4 aromatic carbocycles. The van der Waals surface area contributed by atoms with Crippen LogP contribution in [-0.4, -0.2) is 9.97 Å². The number of pyridine rings is 1. The van der Waals surface area contributed by atoms with Crippen molar-refractivity contribution in [3.8, 4) is 11.1 Å². The fourth-order valence-corrected chi connectivity index (χ4v) is 8.38. The maximum absolute atomic E-state index is 4.93. The van der Waals surface area contributed by atoms with E-state index in [1.807, 2.05) is 12.3 Å². The van der Waals surface area contributed by atoms with Crippen LogP contribution < -0.4 is 0 Å². The van der Waals surface area contributed by atoms with E-state index in [2.05, 4.69) is 118 Å². The summed E-state index contributed by atoms with van der Waals surface area (Å²) in [6, 6.07) is 29.0. The summed E-state index contributed by atoms with van der Waals surface area (Å²) in [5, 5.41) is 3.72. The molecular weight excluding hydrogens is 516 g/mol. The number of aromatic nitrogens is 2. The molecule has 6 aromatic rings. The third-order valence-electron chi connectivity index (χ3n) is 8.99. The van der Waals surface area contributed by atoms with Crippen molar-refractivity contribution in [3.63, 3.8) is 0 Å². The maximum atomic E-state index is 4.93. The number of para-hydroxylation sites is 1. The largest absolute Gasteiger partial charge is 0.354 e. The van der Waals surface area contributed by atoms with Crippen LogP contribution in [0.25, 0.3) is 43.8 Å². The van der Waals surface area contributed by atoms with E-state index in [1.165, 1.54) is 60.6 Å². The van der Waals surface area contributed by atoms with Crippen molar-refractivity contribution in [2.24, 2.45) is 5.92 Å². The van der Waals surface area contributed by atoms with E-state index in [1.54, 1.807) is 0 Å². The van der Waals surface area contributed by atoms with Crippen LogP contribution in [0.1, 0.15) is 28.2 Å². The van der Waals surface area contributed by atoms with E-state index in [9.17, 15) is 0 Å². The Kier molecular flexibility index (Phi) is 3.74. The monoisotopic (exact) mass is 536 g/mol. The lowest BCUT2D eigenvalue weighted by atomic mass is 9.65. The van der Waals surface area contributed by atoms with Gasteiger partial charge in [0, 0.05) is 49.7 Å². The third-order valence-corrected chi connectivity index (χ3v) is 9.61. The Labute approximate surface area is 222 Å². The van der Waals surface area contributed by atoms with Gasteiger partial charge in [-0.15, -0.1) is 0 Å². The van der Waals surface area contributed by atoms with Crippen LogP contribution in [0.3, 0.4) is 0 Å². The predicted molar refractivity (Wildman–Crippen MR) is 155 cm³/mol. The topological polar surface area (TPSA) is 28.7 Å². The molecule has 2 heterocycles. The average molecular weight is 537 g/mol. The molecule has 3 unspecified atom stereocenters. The van der Waals surface area contributed by atoms with Crippen LogP contribution in [0.4, 0.5) is 0 Å². The van der Waals surface area contributed by atoms with E-state index in [0.29, 0.717) is 0 Å². The molecule has 174 valence electrons. The van der Waals surface area contributed by atoms with Gasteiger partial charge in [0.25, 0.3) is 0 Å². The zero-order chi connectivity index (χ0) is 24.3. The smallest absolute Gasteiger partial charge is 0.0743 e. The van der Waals surface area contributed by atoms with E-state index in [4.69, 9.17) is 4.98 Å². The van der Waals surface area contributed by atoms with E-state index in [0.717, 1.165) is 9.99 Å². The number of hydrogen-bond acceptors (Lipinski definition) is 1. The highest BCUT2D eigenvalue weighted by Crippen LogP contribution is 2.67. The lowest BCUT2D eigenvalue weighted by Gasteiger charge is -2.36. The number of nitrogens with zero attached hydrogens (tertiary/aromatic N) is 1. The number of H-pyrrole nitrogens is 1. The molecule has 0 saturated carbocycles. The molecule has 9 rings (SSSR count). The van der Waals surface area contributed by atoms with E-state index < -0.39 is 0 Å². The Morgan fingerprint density at radius 3 is 2.65 bits per heavy atom. The fourth-order valence-electron chi connectivity index (χ4n) is 7.74. The summed E-state index contributed by atoms with van der Waals surface area (Å²) in [7, 11) is 0. The van der Waals surface area contributed by atoms with Gasteiger partial charge < -0.3 is 4.98 Å². The summed E-state index contributed by atoms with van der Waals surface area (Å²) in [6.07, 6.45) is 11.2. The standard InChI is InChI=1S/C34H21BrN2/c35-27-18-26-30(33-31(27)22-11-3-6-14-28(22)37-33)21-10-2-5-13-24(21)34(26)23-12-4-1-9-20(23)29-25(34)16-15-19-8-7-17-36-32(19)29/h1-18,20,23,37H. The summed E-state index contributed by atoms with van der Waals surface area (Å²) in [6.45, 7) is 0. The van der Waals surface area contributed by atoms with E-state index in [-0.39, 0.29) is 17.3 Å². The first-order valence-electron chi connectivity index (χ1n) is 12.8. The molecule has 0 saturated heterocycles. The fraction of sp³-hybridized carbons (Fsp3) is 0.0882. The van der Waals surface area contributed by atoms with Gasteiger partial charge in [-0.05, 0) is 46.0 Å². The molecule has 2 aromatic heterocycles. The Bertz CT molecular complexity index is 2030. The summed E-state index contributed by atoms with van der Waals surface area (Å²) < 4.78 is 1.14. The second kappa shape index (κ2) is 6.87. The number of fused-ring (bicyclic) bond motifs is 16. The van der Waals surface area contributed by atoms with Gasteiger partial charge in [0.1, 0.15) is 0 Å². The van der Waals surface area contributed by atoms with Crippen molar-refractivity contribution in [2.75, 3.05) is 0 Å². The van der Waals surface area contributed by atoms with Gasteiger partial charge in [-0.2, -0.15) is 0 Å². The summed E-state index contributed by atoms with van der Waals surface area (Å²) >= 11 is 4.03. The van der Waals surface area contributed by atoms with Gasteiger partial charge in [-0.25, -0.2) is 0 Å². The molecule has 0 aliphatic heterocycles. The first kappa shape index (κ1) is 20.1. The first-order valence-corrected chi connectivity index (χ1v) is 13.6. The van der Waals surface area contributed by atoms with Crippen molar-refractivity contribution in [1.82, 2.24) is 9.97 Å². The SMILES string of the molecule is Brc1cc2c(c3[nH]c4ccccc4c13)-c1ccccc1C21c2ccc3cccnc3c2C2C=CC=CC21. The lowest BCUT2D eigenvalue weighted by Crippen LogP contribution is -2.33. The quantitative estimate of drug-likeness (QED) is 0.206. The highest BCUT2D eigenvalue weighted by Gasteiger charge is 2.58. The third kappa shape index (κ3) is 2.26. The van der Waals surface area contributed by atoms with Gasteiger partial charge in [0.2, 0.25) is 0 Å². The molecule has 3 heteroatoms. The molecule has 0 amide bonds. The second-order valence-corrected chi connectivity index (χ2v) is 11.3. The van der Waals surface area contributed by atoms with Gasteiger partial charge in [0.15, 0.2) is 0 Å². The second-order valence-electron chi connectivity index (χ2n) is 10.5. The lowest BCUT2D eigenvalue weighted by molar-refractivity contribution is 0.466. The Morgan fingerprint density at radius 1 is 0.811 bits per heavy atom. The molecular formula is C34H21BrN2. The number of rotatable bonds is 0. The average Bonchev–Trinajstić information content (AvgIpc) is 3.57. The van der Waals surface area contributed by atoms with Crippen LogP contribution in [0.2, 0.25) is 0 Å². The molecule has 0 radical (unpaired) electrons. The van der Waals surface area contributed by atoms with Crippen molar-refractivity contribution >= 4 is 48.6 Å². The van der Waals surface area contributed by atoms with Crippen LogP contribution >= 0.6 is 15.9 Å². The number of aromatic amines is 1.